The molecular formula is C26H34ClN7O3. The topological polar surface area (TPSA) is 122 Å². The zero-order chi connectivity index (χ0) is 26.3. The van der Waals surface area contributed by atoms with Gasteiger partial charge in [-0.3, -0.25) is 4.79 Å². The van der Waals surface area contributed by atoms with Crippen LogP contribution in [0.4, 0.5) is 17.8 Å². The number of halogens is 1. The lowest BCUT2D eigenvalue weighted by molar-refractivity contribution is 0.0519. The second-order valence-electron chi connectivity index (χ2n) is 8.36. The highest BCUT2D eigenvalue weighted by Gasteiger charge is 2.08. The van der Waals surface area contributed by atoms with Crippen LogP contribution in [-0.2, 0) is 16.0 Å². The van der Waals surface area contributed by atoms with Gasteiger partial charge in [-0.05, 0) is 43.7 Å². The third kappa shape index (κ3) is 11.0. The first-order valence-electron chi connectivity index (χ1n) is 12.2. The number of nitrogens with zero attached hydrogens (tertiary/aromatic N) is 3. The normalized spacial score (nSPS) is 10.8. The minimum Gasteiger partial charge on any atom is -0.377 e. The molecule has 0 atom stereocenters. The van der Waals surface area contributed by atoms with Crippen LogP contribution < -0.4 is 21.3 Å². The van der Waals surface area contributed by atoms with Crippen LogP contribution in [0, 0.1) is 0 Å². The van der Waals surface area contributed by atoms with E-state index in [9.17, 15) is 4.79 Å². The Morgan fingerprint density at radius 1 is 0.811 bits per heavy atom. The van der Waals surface area contributed by atoms with Gasteiger partial charge in [0.15, 0.2) is 0 Å². The number of carbonyl (C=O) groups excluding carboxylic acids is 1. The molecule has 0 aliphatic rings. The number of amides is 1. The number of carbonyl (C=O) groups is 1. The van der Waals surface area contributed by atoms with Gasteiger partial charge in [-0.2, -0.15) is 15.0 Å². The van der Waals surface area contributed by atoms with Crippen molar-refractivity contribution in [2.45, 2.75) is 26.4 Å². The van der Waals surface area contributed by atoms with E-state index in [0.717, 1.165) is 5.56 Å². The average Bonchev–Trinajstić information content (AvgIpc) is 2.89. The Balaban J connectivity index is 1.32. The summed E-state index contributed by atoms with van der Waals surface area (Å²) in [5, 5.41) is 13.1. The van der Waals surface area contributed by atoms with Crippen LogP contribution in [0.25, 0.3) is 0 Å². The highest BCUT2D eigenvalue weighted by molar-refractivity contribution is 6.30. The zero-order valence-corrected chi connectivity index (χ0v) is 21.9. The summed E-state index contributed by atoms with van der Waals surface area (Å²) in [4.78, 5) is 25.3. The summed E-state index contributed by atoms with van der Waals surface area (Å²) in [6, 6.07) is 16.9. The molecule has 198 valence electrons. The van der Waals surface area contributed by atoms with Gasteiger partial charge in [-0.25, -0.2) is 0 Å². The second kappa shape index (κ2) is 15.6. The molecule has 0 aliphatic carbocycles. The van der Waals surface area contributed by atoms with E-state index in [0.29, 0.717) is 74.5 Å². The Morgan fingerprint density at radius 2 is 1.43 bits per heavy atom. The molecule has 1 aromatic heterocycles. The maximum atomic E-state index is 12.0. The van der Waals surface area contributed by atoms with Gasteiger partial charge in [0.25, 0.3) is 5.91 Å². The molecular weight excluding hydrogens is 494 g/mol. The molecule has 0 aliphatic heterocycles. The van der Waals surface area contributed by atoms with Gasteiger partial charge in [-0.1, -0.05) is 41.9 Å². The minimum atomic E-state index is -0.111. The van der Waals surface area contributed by atoms with Crippen LogP contribution in [0.1, 0.15) is 29.8 Å². The van der Waals surface area contributed by atoms with Crippen LogP contribution in [0.2, 0.25) is 5.02 Å². The molecule has 0 bridgehead atoms. The first kappa shape index (κ1) is 28.1. The fraction of sp³-hybridized carbons (Fsp3) is 0.385. The van der Waals surface area contributed by atoms with Crippen molar-refractivity contribution in [2.75, 3.05) is 55.5 Å². The van der Waals surface area contributed by atoms with Crippen LogP contribution in [0.15, 0.2) is 54.6 Å². The van der Waals surface area contributed by atoms with E-state index in [1.165, 1.54) is 0 Å². The quantitative estimate of drug-likeness (QED) is 0.206. The summed E-state index contributed by atoms with van der Waals surface area (Å²) in [5.41, 5.74) is 1.69. The molecule has 1 heterocycles. The largest absolute Gasteiger partial charge is 0.377 e. The van der Waals surface area contributed by atoms with Crippen LogP contribution in [0.3, 0.4) is 0 Å². The summed E-state index contributed by atoms with van der Waals surface area (Å²) in [7, 11) is 0. The van der Waals surface area contributed by atoms with Gasteiger partial charge >= 0.3 is 0 Å². The van der Waals surface area contributed by atoms with Gasteiger partial charge in [-0.15, -0.1) is 0 Å². The Hall–Kier alpha value is -3.47. The van der Waals surface area contributed by atoms with E-state index >= 15 is 0 Å². The van der Waals surface area contributed by atoms with Crippen molar-refractivity contribution in [2.24, 2.45) is 0 Å². The lowest BCUT2D eigenvalue weighted by atomic mass is 10.2. The summed E-state index contributed by atoms with van der Waals surface area (Å²) in [6.07, 6.45) is 0. The molecule has 1 amide bonds. The molecule has 3 aromatic rings. The van der Waals surface area contributed by atoms with Gasteiger partial charge in [0.1, 0.15) is 0 Å². The maximum absolute atomic E-state index is 12.0. The average molecular weight is 528 g/mol. The van der Waals surface area contributed by atoms with Crippen LogP contribution in [0.5, 0.6) is 0 Å². The predicted octanol–water partition coefficient (Wildman–Crippen LogP) is 3.83. The predicted molar refractivity (Wildman–Crippen MR) is 146 cm³/mol. The smallest absolute Gasteiger partial charge is 0.251 e. The monoisotopic (exact) mass is 527 g/mol. The summed E-state index contributed by atoms with van der Waals surface area (Å²) >= 11 is 5.96. The molecule has 0 saturated heterocycles. The number of hydrogen-bond acceptors (Lipinski definition) is 9. The van der Waals surface area contributed by atoms with Gasteiger partial charge in [0, 0.05) is 36.3 Å². The van der Waals surface area contributed by atoms with Crippen LogP contribution >= 0.6 is 11.6 Å². The van der Waals surface area contributed by atoms with Crippen molar-refractivity contribution < 1.29 is 14.3 Å². The third-order valence-corrected chi connectivity index (χ3v) is 5.14. The molecule has 0 saturated carbocycles. The van der Waals surface area contributed by atoms with Crippen molar-refractivity contribution >= 4 is 35.4 Å². The second-order valence-corrected chi connectivity index (χ2v) is 8.80. The fourth-order valence-corrected chi connectivity index (χ4v) is 3.25. The van der Waals surface area contributed by atoms with E-state index in [-0.39, 0.29) is 11.9 Å². The lowest BCUT2D eigenvalue weighted by Gasteiger charge is -2.13. The Labute approximate surface area is 222 Å². The Kier molecular flexibility index (Phi) is 11.9. The number of rotatable bonds is 16. The zero-order valence-electron chi connectivity index (χ0n) is 21.2. The SMILES string of the molecule is CC(C)Nc1nc(NCCOCCOCCNC(=O)c2ccccc2)nc(NCc2ccc(Cl)cc2)n1. The first-order valence-corrected chi connectivity index (χ1v) is 12.6. The Morgan fingerprint density at radius 3 is 2.11 bits per heavy atom. The summed E-state index contributed by atoms with van der Waals surface area (Å²) in [6.45, 7) is 7.32. The van der Waals surface area contributed by atoms with Crippen molar-refractivity contribution in [3.63, 3.8) is 0 Å². The van der Waals surface area contributed by atoms with Gasteiger partial charge < -0.3 is 30.7 Å². The van der Waals surface area contributed by atoms with E-state index in [2.05, 4.69) is 36.2 Å². The van der Waals surface area contributed by atoms with E-state index in [4.69, 9.17) is 21.1 Å². The first-order chi connectivity index (χ1) is 18.0. The molecule has 11 heteroatoms. The molecule has 4 N–H and O–H groups in total. The number of ether oxygens (including phenoxy) is 2. The van der Waals surface area contributed by atoms with Gasteiger partial charge in [0.05, 0.1) is 26.4 Å². The molecule has 0 spiro atoms. The fourth-order valence-electron chi connectivity index (χ4n) is 3.13. The molecule has 0 fully saturated rings. The van der Waals surface area contributed by atoms with Crippen molar-refractivity contribution in [1.29, 1.82) is 0 Å². The van der Waals surface area contributed by atoms with E-state index < -0.39 is 0 Å². The van der Waals surface area contributed by atoms with Crippen molar-refractivity contribution in [3.05, 3.63) is 70.7 Å². The number of benzene rings is 2. The molecule has 2 aromatic carbocycles. The minimum absolute atomic E-state index is 0.111. The number of nitrogens with one attached hydrogen (secondary N) is 4. The van der Waals surface area contributed by atoms with Gasteiger partial charge in [0.2, 0.25) is 17.8 Å². The highest BCUT2D eigenvalue weighted by Crippen LogP contribution is 2.13. The Bertz CT molecular complexity index is 1090. The van der Waals surface area contributed by atoms with Crippen LogP contribution in [-0.4, -0.2) is 66.4 Å². The molecule has 3 rings (SSSR count). The van der Waals surface area contributed by atoms with E-state index in [1.54, 1.807) is 12.1 Å². The summed E-state index contributed by atoms with van der Waals surface area (Å²) < 4.78 is 11.1. The molecule has 0 radical (unpaired) electrons. The van der Waals surface area contributed by atoms with Crippen molar-refractivity contribution in [1.82, 2.24) is 20.3 Å². The molecule has 10 nitrogen and oxygen atoms in total. The van der Waals surface area contributed by atoms with E-state index in [1.807, 2.05) is 56.3 Å². The standard InChI is InChI=1S/C26H34ClN7O3/c1-19(2)31-26-33-24(32-25(34-26)30-18-20-8-10-22(27)11-9-20)29-13-15-37-17-16-36-14-12-28-23(35)21-6-4-3-5-7-21/h3-11,19H,12-18H2,1-2H3,(H,28,35)(H3,29,30,31,32,33,34). The number of aromatic nitrogens is 3. The number of hydrogen-bond donors (Lipinski definition) is 4. The molecule has 0 unspecified atom stereocenters. The third-order valence-electron chi connectivity index (χ3n) is 4.89. The lowest BCUT2D eigenvalue weighted by Crippen LogP contribution is -2.27. The summed E-state index contributed by atoms with van der Waals surface area (Å²) in [5.74, 6) is 1.29. The van der Waals surface area contributed by atoms with Crippen molar-refractivity contribution in [3.8, 4) is 0 Å². The maximum Gasteiger partial charge on any atom is 0.251 e. The number of anilines is 3. The molecule has 37 heavy (non-hydrogen) atoms. The highest BCUT2D eigenvalue weighted by atomic mass is 35.5.